The molecule has 104 valence electrons. The molecule has 20 heavy (non-hydrogen) atoms. The van der Waals surface area contributed by atoms with Gasteiger partial charge in [-0.3, -0.25) is 4.99 Å². The van der Waals surface area contributed by atoms with Crippen molar-refractivity contribution in [2.75, 3.05) is 6.54 Å². The van der Waals surface area contributed by atoms with Crippen molar-refractivity contribution in [3.05, 3.63) is 64.4 Å². The Morgan fingerprint density at radius 1 is 1.25 bits per heavy atom. The van der Waals surface area contributed by atoms with E-state index in [9.17, 15) is 14.6 Å². The number of phenols is 1. The molecule has 0 heterocycles. The highest BCUT2D eigenvalue weighted by Gasteiger charge is 2.09. The van der Waals surface area contributed by atoms with Gasteiger partial charge in [0.25, 0.3) is 0 Å². The molecule has 0 amide bonds. The summed E-state index contributed by atoms with van der Waals surface area (Å²) in [4.78, 5) is 4.04. The minimum Gasteiger partial charge on any atom is -0.507 e. The van der Waals surface area contributed by atoms with Crippen molar-refractivity contribution >= 4 is 17.8 Å². The van der Waals surface area contributed by atoms with Crippen LogP contribution >= 0.6 is 11.6 Å². The van der Waals surface area contributed by atoms with Crippen LogP contribution in [-0.2, 0) is 0 Å². The minimum absolute atomic E-state index is 0.0126. The Hall–Kier alpha value is -1.91. The third kappa shape index (κ3) is 3.56. The van der Waals surface area contributed by atoms with Crippen molar-refractivity contribution in [1.82, 2.24) is 0 Å². The maximum Gasteiger partial charge on any atom is 0.142 e. The molecule has 0 aliphatic heterocycles. The summed E-state index contributed by atoms with van der Waals surface area (Å²) in [5, 5.41) is 19.5. The first-order valence-corrected chi connectivity index (χ1v) is 6.36. The van der Waals surface area contributed by atoms with E-state index < -0.39 is 11.9 Å². The van der Waals surface area contributed by atoms with Crippen molar-refractivity contribution in [2.24, 2.45) is 4.99 Å². The van der Waals surface area contributed by atoms with Crippen molar-refractivity contribution in [2.45, 2.75) is 6.10 Å². The molecule has 2 aromatic carbocycles. The molecule has 2 aromatic rings. The van der Waals surface area contributed by atoms with E-state index in [4.69, 9.17) is 11.6 Å². The van der Waals surface area contributed by atoms with Gasteiger partial charge in [-0.15, -0.1) is 0 Å². The maximum atomic E-state index is 13.3. The van der Waals surface area contributed by atoms with E-state index in [0.717, 1.165) is 0 Å². The maximum absolute atomic E-state index is 13.3. The summed E-state index contributed by atoms with van der Waals surface area (Å²) in [5.74, 6) is -0.462. The quantitative estimate of drug-likeness (QED) is 0.850. The Morgan fingerprint density at radius 3 is 2.70 bits per heavy atom. The first-order valence-electron chi connectivity index (χ1n) is 5.99. The van der Waals surface area contributed by atoms with Gasteiger partial charge in [-0.1, -0.05) is 29.8 Å². The summed E-state index contributed by atoms with van der Waals surface area (Å²) < 4.78 is 13.3. The summed E-state index contributed by atoms with van der Waals surface area (Å²) in [7, 11) is 0. The summed E-state index contributed by atoms with van der Waals surface area (Å²) >= 11 is 5.57. The Balaban J connectivity index is 2.03. The number of aliphatic hydroxyl groups is 1. The summed E-state index contributed by atoms with van der Waals surface area (Å²) in [6, 6.07) is 10.8. The first-order chi connectivity index (χ1) is 9.58. The van der Waals surface area contributed by atoms with Crippen LogP contribution in [0.25, 0.3) is 0 Å². The van der Waals surface area contributed by atoms with Crippen LogP contribution in [-0.4, -0.2) is 23.0 Å². The van der Waals surface area contributed by atoms with E-state index in [1.165, 1.54) is 18.3 Å². The molecule has 0 bridgehead atoms. The number of para-hydroxylation sites is 1. The van der Waals surface area contributed by atoms with Gasteiger partial charge in [0.1, 0.15) is 11.6 Å². The number of phenolic OH excluding ortho intramolecular Hbond substituents is 1. The van der Waals surface area contributed by atoms with Crippen LogP contribution < -0.4 is 0 Å². The number of aliphatic imine (C=N–C) groups is 1. The van der Waals surface area contributed by atoms with Gasteiger partial charge >= 0.3 is 0 Å². The molecule has 0 aliphatic carbocycles. The molecule has 0 saturated heterocycles. The lowest BCUT2D eigenvalue weighted by molar-refractivity contribution is 0.187. The number of benzene rings is 2. The molecule has 0 aliphatic rings. The fraction of sp³-hybridized carbons (Fsp3) is 0.133. The summed E-state index contributed by atoms with van der Waals surface area (Å²) in [6.45, 7) is 0.0649. The number of aromatic hydroxyl groups is 1. The van der Waals surface area contributed by atoms with E-state index in [1.807, 2.05) is 0 Å². The number of rotatable bonds is 4. The van der Waals surface area contributed by atoms with Crippen LogP contribution in [0, 0.1) is 5.82 Å². The van der Waals surface area contributed by atoms with Crippen LogP contribution in [0.2, 0.25) is 5.02 Å². The predicted octanol–water partition coefficient (Wildman–Crippen LogP) is 3.34. The van der Waals surface area contributed by atoms with Crippen LogP contribution in [0.1, 0.15) is 17.2 Å². The van der Waals surface area contributed by atoms with Crippen molar-refractivity contribution in [1.29, 1.82) is 0 Å². The fourth-order valence-electron chi connectivity index (χ4n) is 1.67. The molecule has 0 radical (unpaired) electrons. The zero-order chi connectivity index (χ0) is 14.5. The smallest absolute Gasteiger partial charge is 0.142 e. The molecule has 0 spiro atoms. The minimum atomic E-state index is -0.927. The largest absolute Gasteiger partial charge is 0.507 e. The number of halogens is 2. The highest BCUT2D eigenvalue weighted by Crippen LogP contribution is 2.20. The molecule has 5 heteroatoms. The second kappa shape index (κ2) is 6.50. The van der Waals surface area contributed by atoms with Gasteiger partial charge in [0.2, 0.25) is 0 Å². The lowest BCUT2D eigenvalue weighted by Crippen LogP contribution is -2.02. The van der Waals surface area contributed by atoms with E-state index >= 15 is 0 Å². The molecule has 1 atom stereocenters. The Kier molecular flexibility index (Phi) is 4.71. The van der Waals surface area contributed by atoms with Crippen molar-refractivity contribution in [3.63, 3.8) is 0 Å². The topological polar surface area (TPSA) is 52.8 Å². The van der Waals surface area contributed by atoms with Gasteiger partial charge in [0.05, 0.1) is 17.7 Å². The molecular formula is C15H13ClFNO2. The number of hydrogen-bond acceptors (Lipinski definition) is 3. The van der Waals surface area contributed by atoms with Gasteiger partial charge in [-0.25, -0.2) is 4.39 Å². The van der Waals surface area contributed by atoms with Gasteiger partial charge in [0, 0.05) is 11.8 Å². The van der Waals surface area contributed by atoms with Crippen LogP contribution in [0.15, 0.2) is 47.5 Å². The molecule has 3 nitrogen and oxygen atoms in total. The third-order valence-electron chi connectivity index (χ3n) is 2.77. The van der Waals surface area contributed by atoms with E-state index in [2.05, 4.69) is 4.99 Å². The standard InChI is InChI=1S/C15H13ClFNO2/c16-12-6-5-10(7-13(12)17)15(20)9-18-8-11-3-1-2-4-14(11)19/h1-8,15,19-20H,9H2. The monoisotopic (exact) mass is 293 g/mol. The zero-order valence-corrected chi connectivity index (χ0v) is 11.3. The van der Waals surface area contributed by atoms with E-state index in [-0.39, 0.29) is 17.3 Å². The molecule has 0 fully saturated rings. The highest BCUT2D eigenvalue weighted by atomic mass is 35.5. The first kappa shape index (κ1) is 14.5. The van der Waals surface area contributed by atoms with Crippen LogP contribution in [0.3, 0.4) is 0 Å². The molecule has 0 aromatic heterocycles. The molecule has 0 saturated carbocycles. The normalized spacial score (nSPS) is 12.8. The third-order valence-corrected chi connectivity index (χ3v) is 3.08. The average Bonchev–Trinajstić information content (AvgIpc) is 2.44. The van der Waals surface area contributed by atoms with E-state index in [0.29, 0.717) is 11.1 Å². The average molecular weight is 294 g/mol. The summed E-state index contributed by atoms with van der Waals surface area (Å²) in [5.41, 5.74) is 0.961. The van der Waals surface area contributed by atoms with Gasteiger partial charge in [-0.2, -0.15) is 0 Å². The highest BCUT2D eigenvalue weighted by molar-refractivity contribution is 6.30. The SMILES string of the molecule is Oc1ccccc1C=NCC(O)c1ccc(Cl)c(F)c1. The fourth-order valence-corrected chi connectivity index (χ4v) is 1.79. The van der Waals surface area contributed by atoms with Crippen molar-refractivity contribution < 1.29 is 14.6 Å². The lowest BCUT2D eigenvalue weighted by Gasteiger charge is -2.08. The molecule has 2 N–H and O–H groups in total. The second-order valence-corrected chi connectivity index (χ2v) is 4.65. The number of hydrogen-bond donors (Lipinski definition) is 2. The van der Waals surface area contributed by atoms with E-state index in [1.54, 1.807) is 30.3 Å². The van der Waals surface area contributed by atoms with Crippen molar-refractivity contribution in [3.8, 4) is 5.75 Å². The second-order valence-electron chi connectivity index (χ2n) is 4.24. The van der Waals surface area contributed by atoms with Gasteiger partial charge in [-0.05, 0) is 29.8 Å². The number of nitrogens with zero attached hydrogens (tertiary/aromatic N) is 1. The zero-order valence-electron chi connectivity index (χ0n) is 10.5. The van der Waals surface area contributed by atoms with Crippen LogP contribution in [0.4, 0.5) is 4.39 Å². The predicted molar refractivity (Wildman–Crippen MR) is 76.9 cm³/mol. The molecule has 1 unspecified atom stereocenters. The number of aliphatic hydroxyl groups excluding tert-OH is 1. The Bertz CT molecular complexity index is 631. The molecule has 2 rings (SSSR count). The van der Waals surface area contributed by atoms with Gasteiger partial charge < -0.3 is 10.2 Å². The lowest BCUT2D eigenvalue weighted by atomic mass is 10.1. The Morgan fingerprint density at radius 2 is 2.00 bits per heavy atom. The van der Waals surface area contributed by atoms with Gasteiger partial charge in [0.15, 0.2) is 0 Å². The summed E-state index contributed by atoms with van der Waals surface area (Å²) in [6.07, 6.45) is 0.536. The van der Waals surface area contributed by atoms with Crippen LogP contribution in [0.5, 0.6) is 5.75 Å². The Labute approximate surface area is 121 Å². The molecular weight excluding hydrogens is 281 g/mol.